The van der Waals surface area contributed by atoms with Gasteiger partial charge >= 0.3 is 0 Å². The molecule has 1 saturated heterocycles. The number of allylic oxidation sites excluding steroid dienone is 4. The van der Waals surface area contributed by atoms with Crippen molar-refractivity contribution in [3.05, 3.63) is 46.1 Å². The van der Waals surface area contributed by atoms with Crippen molar-refractivity contribution >= 4 is 29.2 Å². The Kier molecular flexibility index (Phi) is 8.36. The Morgan fingerprint density at radius 2 is 2.09 bits per heavy atom. The van der Waals surface area contributed by atoms with E-state index in [2.05, 4.69) is 41.3 Å². The Balaban J connectivity index is 1.74. The summed E-state index contributed by atoms with van der Waals surface area (Å²) in [6.07, 6.45) is 7.11. The number of methoxy groups -OCH3 is 1. The highest BCUT2D eigenvalue weighted by Crippen LogP contribution is 2.34. The van der Waals surface area contributed by atoms with Gasteiger partial charge in [0.25, 0.3) is 0 Å². The minimum atomic E-state index is -0.599. The predicted octanol–water partition coefficient (Wildman–Crippen LogP) is 4.03. The van der Waals surface area contributed by atoms with Gasteiger partial charge in [-0.25, -0.2) is 4.98 Å². The van der Waals surface area contributed by atoms with Gasteiger partial charge in [-0.05, 0) is 48.7 Å². The lowest BCUT2D eigenvalue weighted by Crippen LogP contribution is -2.57. The van der Waals surface area contributed by atoms with E-state index in [9.17, 15) is 9.59 Å². The molecule has 7 nitrogen and oxygen atoms in total. The van der Waals surface area contributed by atoms with Crippen LogP contribution in [0.3, 0.4) is 0 Å². The third-order valence-corrected chi connectivity index (χ3v) is 7.68. The second-order valence-corrected chi connectivity index (χ2v) is 11.3. The molecule has 0 saturated carbocycles. The molecule has 1 aliphatic heterocycles. The molecule has 1 aromatic heterocycles. The summed E-state index contributed by atoms with van der Waals surface area (Å²) in [6, 6.07) is -0.754. The Hall–Kier alpha value is -2.45. The van der Waals surface area contributed by atoms with Crippen molar-refractivity contribution in [1.29, 1.82) is 0 Å². The van der Waals surface area contributed by atoms with Crippen LogP contribution in [0.1, 0.15) is 57.5 Å². The molecule has 2 unspecified atom stereocenters. The van der Waals surface area contributed by atoms with Crippen molar-refractivity contribution in [3.8, 4) is 0 Å². The highest BCUT2D eigenvalue weighted by atomic mass is 32.1. The third kappa shape index (κ3) is 5.78. The Labute approximate surface area is 207 Å². The molecule has 0 radical (unpaired) electrons. The number of likely N-dealkylation sites (tertiary alicyclic amines) is 1. The van der Waals surface area contributed by atoms with Gasteiger partial charge in [0.05, 0.1) is 22.1 Å². The SMILES string of the molecule is C=C(NC(OC)C1C[C@@H](C)CN1C(=O)[C@@H](NC=O)C(C)(C)C)C1=CC=C(c2scnc2C)CC1. The molecule has 34 heavy (non-hydrogen) atoms. The number of nitrogens with one attached hydrogen (secondary N) is 2. The summed E-state index contributed by atoms with van der Waals surface area (Å²) in [4.78, 5) is 32.2. The molecule has 2 heterocycles. The van der Waals surface area contributed by atoms with Gasteiger partial charge in [0.15, 0.2) is 0 Å². The van der Waals surface area contributed by atoms with E-state index in [4.69, 9.17) is 4.74 Å². The molecule has 3 rings (SSSR count). The smallest absolute Gasteiger partial charge is 0.246 e. The molecule has 0 spiro atoms. The van der Waals surface area contributed by atoms with Gasteiger partial charge in [-0.1, -0.05) is 46.4 Å². The van der Waals surface area contributed by atoms with Crippen LogP contribution in [0.5, 0.6) is 0 Å². The maximum atomic E-state index is 13.5. The van der Waals surface area contributed by atoms with Crippen LogP contribution in [-0.4, -0.2) is 54.2 Å². The van der Waals surface area contributed by atoms with Gasteiger partial charge in [-0.2, -0.15) is 0 Å². The number of aryl methyl sites for hydroxylation is 1. The summed E-state index contributed by atoms with van der Waals surface area (Å²) in [5.74, 6) is 0.258. The number of nitrogens with zero attached hydrogens (tertiary/aromatic N) is 2. The summed E-state index contributed by atoms with van der Waals surface area (Å²) in [7, 11) is 1.65. The fourth-order valence-corrected chi connectivity index (χ4v) is 5.68. The van der Waals surface area contributed by atoms with Crippen LogP contribution in [0.2, 0.25) is 0 Å². The lowest BCUT2D eigenvalue weighted by atomic mass is 9.85. The molecule has 4 atom stereocenters. The minimum absolute atomic E-state index is 0.0761. The van der Waals surface area contributed by atoms with E-state index in [1.54, 1.807) is 18.4 Å². The maximum Gasteiger partial charge on any atom is 0.246 e. The Morgan fingerprint density at radius 3 is 2.62 bits per heavy atom. The highest BCUT2D eigenvalue weighted by molar-refractivity contribution is 7.10. The molecule has 186 valence electrons. The van der Waals surface area contributed by atoms with E-state index in [1.165, 1.54) is 10.5 Å². The summed E-state index contributed by atoms with van der Waals surface area (Å²) < 4.78 is 5.84. The highest BCUT2D eigenvalue weighted by Gasteiger charge is 2.43. The molecular weight excluding hydrogens is 448 g/mol. The van der Waals surface area contributed by atoms with E-state index in [-0.39, 0.29) is 11.9 Å². The van der Waals surface area contributed by atoms with Crippen LogP contribution in [0.15, 0.2) is 35.5 Å². The maximum absolute atomic E-state index is 13.5. The Morgan fingerprint density at radius 1 is 1.35 bits per heavy atom. The molecule has 2 amide bonds. The largest absolute Gasteiger partial charge is 0.360 e. The number of hydrogen-bond acceptors (Lipinski definition) is 6. The second-order valence-electron chi connectivity index (χ2n) is 10.4. The number of carbonyl (C=O) groups excluding carboxylic acids is 2. The average Bonchev–Trinajstić information content (AvgIpc) is 3.40. The van der Waals surface area contributed by atoms with Gasteiger partial charge in [0.2, 0.25) is 12.3 Å². The lowest BCUT2D eigenvalue weighted by Gasteiger charge is -2.37. The van der Waals surface area contributed by atoms with Crippen LogP contribution in [0.25, 0.3) is 5.57 Å². The monoisotopic (exact) mass is 486 g/mol. The molecule has 1 fully saturated rings. The molecule has 2 N–H and O–H groups in total. The van der Waals surface area contributed by atoms with E-state index < -0.39 is 17.7 Å². The van der Waals surface area contributed by atoms with Gasteiger partial charge in [-0.15, -0.1) is 11.3 Å². The third-order valence-electron chi connectivity index (χ3n) is 6.68. The zero-order valence-electron chi connectivity index (χ0n) is 21.2. The number of rotatable bonds is 9. The number of thiazole rings is 1. The van der Waals surface area contributed by atoms with Gasteiger partial charge in [0, 0.05) is 19.4 Å². The summed E-state index contributed by atoms with van der Waals surface area (Å²) in [5.41, 5.74) is 5.81. The fraction of sp³-hybridized carbons (Fsp3) is 0.577. The molecule has 1 aliphatic carbocycles. The summed E-state index contributed by atoms with van der Waals surface area (Å²) >= 11 is 1.68. The van der Waals surface area contributed by atoms with E-state index >= 15 is 0 Å². The van der Waals surface area contributed by atoms with E-state index in [1.807, 2.05) is 38.1 Å². The van der Waals surface area contributed by atoms with Crippen molar-refractivity contribution in [2.24, 2.45) is 11.3 Å². The predicted molar refractivity (Wildman–Crippen MR) is 137 cm³/mol. The van der Waals surface area contributed by atoms with Gasteiger partial charge in [-0.3, -0.25) is 9.59 Å². The molecule has 2 aliphatic rings. The molecule has 1 aromatic rings. The van der Waals surface area contributed by atoms with E-state index in [0.29, 0.717) is 18.9 Å². The first-order valence-electron chi connectivity index (χ1n) is 11.9. The van der Waals surface area contributed by atoms with E-state index in [0.717, 1.165) is 36.2 Å². The second kappa shape index (κ2) is 10.9. The van der Waals surface area contributed by atoms with Crippen molar-refractivity contribution in [1.82, 2.24) is 20.5 Å². The van der Waals surface area contributed by atoms with Crippen LogP contribution in [0, 0.1) is 18.3 Å². The van der Waals surface area contributed by atoms with Crippen LogP contribution in [0.4, 0.5) is 0 Å². The summed E-state index contributed by atoms with van der Waals surface area (Å²) in [6.45, 7) is 15.0. The number of carbonyl (C=O) groups is 2. The molecule has 8 heteroatoms. The molecule has 0 bridgehead atoms. The zero-order valence-corrected chi connectivity index (χ0v) is 22.0. The topological polar surface area (TPSA) is 83.6 Å². The first kappa shape index (κ1) is 26.2. The fourth-order valence-electron chi connectivity index (χ4n) is 4.82. The first-order valence-corrected chi connectivity index (χ1v) is 12.7. The van der Waals surface area contributed by atoms with Crippen molar-refractivity contribution < 1.29 is 14.3 Å². The first-order chi connectivity index (χ1) is 16.1. The normalized spacial score (nSPS) is 22.5. The zero-order chi connectivity index (χ0) is 25.0. The number of ether oxygens (including phenoxy) is 1. The lowest BCUT2D eigenvalue weighted by molar-refractivity contribution is -0.141. The quantitative estimate of drug-likeness (QED) is 0.407. The van der Waals surface area contributed by atoms with Crippen molar-refractivity contribution in [2.45, 2.75) is 72.2 Å². The number of aromatic nitrogens is 1. The average molecular weight is 487 g/mol. The van der Waals surface area contributed by atoms with Crippen molar-refractivity contribution in [3.63, 3.8) is 0 Å². The van der Waals surface area contributed by atoms with Crippen molar-refractivity contribution in [2.75, 3.05) is 13.7 Å². The standard InChI is InChI=1S/C26H38N4O3S/c1-16-12-21(30(13-16)25(32)23(27-14-31)26(4,5)6)24(33-7)29-17(2)19-8-10-20(11-9-19)22-18(3)28-15-34-22/h8,10,14-16,21,23-24,29H,2,9,11-13H2,1,3-7H3,(H,27,31)/t16-,21?,23-,24?/m1/s1. The van der Waals surface area contributed by atoms with Crippen LogP contribution in [-0.2, 0) is 14.3 Å². The van der Waals surface area contributed by atoms with Gasteiger partial charge in [0.1, 0.15) is 12.3 Å². The van der Waals surface area contributed by atoms with Crippen LogP contribution >= 0.6 is 11.3 Å². The minimum Gasteiger partial charge on any atom is -0.360 e. The number of amides is 2. The van der Waals surface area contributed by atoms with Crippen LogP contribution < -0.4 is 10.6 Å². The van der Waals surface area contributed by atoms with Gasteiger partial charge < -0.3 is 20.3 Å². The molecule has 0 aromatic carbocycles. The summed E-state index contributed by atoms with van der Waals surface area (Å²) in [5, 5.41) is 6.18. The molecular formula is C26H38N4O3S. The Bertz CT molecular complexity index is 975. The number of hydrogen-bond donors (Lipinski definition) is 2.